The van der Waals surface area contributed by atoms with Crippen LogP contribution in [0.2, 0.25) is 0 Å². The lowest BCUT2D eigenvalue weighted by Gasteiger charge is -2.27. The summed E-state index contributed by atoms with van der Waals surface area (Å²) in [6.07, 6.45) is -8.90. The molecule has 2 aliphatic rings. The number of aliphatic hydroxyl groups is 1. The smallest absolute Gasteiger partial charge is 0.381 e. The number of aryl methyl sites for hydroxylation is 1. The Morgan fingerprint density at radius 2 is 1.92 bits per heavy atom. The van der Waals surface area contributed by atoms with Crippen molar-refractivity contribution in [3.05, 3.63) is 24.3 Å². The lowest BCUT2D eigenvalue weighted by Crippen LogP contribution is -2.46. The van der Waals surface area contributed by atoms with Crippen molar-refractivity contribution in [1.29, 1.82) is 0 Å². The zero-order valence-electron chi connectivity index (χ0n) is 14.3. The van der Waals surface area contributed by atoms with Gasteiger partial charge in [0.25, 0.3) is 0 Å². The second-order valence-electron chi connectivity index (χ2n) is 6.96. The molecule has 0 radical (unpaired) electrons. The van der Waals surface area contributed by atoms with Gasteiger partial charge in [0.1, 0.15) is 30.3 Å². The second kappa shape index (κ2) is 5.62. The summed E-state index contributed by atoms with van der Waals surface area (Å²) in [7, 11) is 0. The molecule has 0 aliphatic carbocycles. The number of nitrogens with zero attached hydrogens (tertiary/aromatic N) is 3. The van der Waals surface area contributed by atoms with Crippen molar-refractivity contribution in [1.82, 2.24) is 14.5 Å². The fraction of sp³-hybridized carbons (Fsp3) is 0.625. The third-order valence-electron chi connectivity index (χ3n) is 4.69. The predicted octanol–water partition coefficient (Wildman–Crippen LogP) is 2.08. The van der Waals surface area contributed by atoms with Crippen molar-refractivity contribution in [2.75, 3.05) is 0 Å². The zero-order valence-corrected chi connectivity index (χ0v) is 14.3. The van der Waals surface area contributed by atoms with Crippen LogP contribution >= 0.6 is 0 Å². The third kappa shape index (κ3) is 2.68. The van der Waals surface area contributed by atoms with Crippen LogP contribution < -0.4 is 0 Å². The number of fused-ring (bicyclic) bond motifs is 2. The maximum atomic E-state index is 13.1. The van der Waals surface area contributed by atoms with Gasteiger partial charge in [-0.15, -0.1) is 0 Å². The first-order chi connectivity index (χ1) is 12.1. The van der Waals surface area contributed by atoms with E-state index in [1.807, 2.05) is 0 Å². The van der Waals surface area contributed by atoms with Crippen LogP contribution in [0.5, 0.6) is 0 Å². The van der Waals surface area contributed by atoms with E-state index in [0.717, 1.165) is 11.1 Å². The van der Waals surface area contributed by atoms with Gasteiger partial charge in [-0.2, -0.15) is 13.2 Å². The molecule has 142 valence electrons. The van der Waals surface area contributed by atoms with Gasteiger partial charge in [-0.1, -0.05) is 0 Å². The molecule has 2 aromatic heterocycles. The molecule has 1 unspecified atom stereocenters. The highest BCUT2D eigenvalue weighted by Gasteiger charge is 2.61. The minimum atomic E-state index is -4.84. The van der Waals surface area contributed by atoms with E-state index in [0.29, 0.717) is 5.65 Å². The third-order valence-corrected chi connectivity index (χ3v) is 4.69. The van der Waals surface area contributed by atoms with Gasteiger partial charge in [0.2, 0.25) is 0 Å². The average Bonchev–Trinajstić information content (AvgIpc) is 3.17. The quantitative estimate of drug-likeness (QED) is 0.869. The number of hydrogen-bond donors (Lipinski definition) is 1. The Morgan fingerprint density at radius 3 is 2.62 bits per heavy atom. The number of ether oxygens (including phenoxy) is 3. The van der Waals surface area contributed by atoms with E-state index in [1.54, 1.807) is 37.6 Å². The lowest BCUT2D eigenvalue weighted by molar-refractivity contribution is -0.262. The number of aliphatic hydroxyl groups excluding tert-OH is 1. The molecule has 4 heterocycles. The summed E-state index contributed by atoms with van der Waals surface area (Å²) in [5, 5.41) is 10.5. The van der Waals surface area contributed by atoms with Crippen molar-refractivity contribution < 1.29 is 32.5 Å². The van der Waals surface area contributed by atoms with E-state index in [2.05, 4.69) is 9.97 Å². The van der Waals surface area contributed by atoms with Crippen molar-refractivity contribution in [3.63, 3.8) is 0 Å². The summed E-state index contributed by atoms with van der Waals surface area (Å²) < 4.78 is 57.8. The van der Waals surface area contributed by atoms with Crippen LogP contribution in [0.3, 0.4) is 0 Å². The molecule has 0 spiro atoms. The lowest BCUT2D eigenvalue weighted by atomic mass is 10.1. The van der Waals surface area contributed by atoms with Gasteiger partial charge in [0, 0.05) is 11.6 Å². The van der Waals surface area contributed by atoms with Gasteiger partial charge in [-0.25, -0.2) is 9.97 Å². The minimum Gasteiger partial charge on any atom is -0.381 e. The van der Waals surface area contributed by atoms with E-state index < -0.39 is 42.6 Å². The van der Waals surface area contributed by atoms with Gasteiger partial charge in [0.05, 0.1) is 5.69 Å². The summed E-state index contributed by atoms with van der Waals surface area (Å²) in [6.45, 7) is 5.03. The summed E-state index contributed by atoms with van der Waals surface area (Å²) in [6, 6.07) is 1.76. The Balaban J connectivity index is 1.75. The largest absolute Gasteiger partial charge is 0.417 e. The maximum absolute atomic E-state index is 13.1. The van der Waals surface area contributed by atoms with Crippen LogP contribution in [0.25, 0.3) is 11.0 Å². The first-order valence-electron chi connectivity index (χ1n) is 8.12. The number of rotatable bonds is 2. The molecule has 2 saturated heterocycles. The molecular formula is C16H18F3N3O4. The van der Waals surface area contributed by atoms with Crippen LogP contribution in [-0.2, 0) is 14.2 Å². The monoisotopic (exact) mass is 373 g/mol. The van der Waals surface area contributed by atoms with Crippen molar-refractivity contribution >= 4 is 11.0 Å². The first-order valence-corrected chi connectivity index (χ1v) is 8.12. The molecule has 26 heavy (non-hydrogen) atoms. The maximum Gasteiger partial charge on any atom is 0.417 e. The zero-order chi connectivity index (χ0) is 18.9. The molecule has 0 amide bonds. The average molecular weight is 373 g/mol. The SMILES string of the molecule is Cc1ncnc2c1ccn2[C@@H]1O[C@H](C(O)C(F)(F)F)[C@H]2OC(C)(C)O[C@H]21. The molecule has 4 rings (SSSR count). The van der Waals surface area contributed by atoms with E-state index in [9.17, 15) is 18.3 Å². The highest BCUT2D eigenvalue weighted by atomic mass is 19.4. The Kier molecular flexibility index (Phi) is 3.82. The van der Waals surface area contributed by atoms with E-state index in [4.69, 9.17) is 14.2 Å². The summed E-state index contributed by atoms with van der Waals surface area (Å²) >= 11 is 0. The standard InChI is InChI=1S/C16H18F3N3O4/c1-7-8-4-5-22(13(8)21-6-20-7)14-11-9(25-15(2,3)26-11)10(24-14)12(23)16(17,18)19/h4-6,9-12,14,23H,1-3H3/t9-,10+,11-,12?,14-/m1/s1. The molecule has 0 bridgehead atoms. The summed E-state index contributed by atoms with van der Waals surface area (Å²) in [5.41, 5.74) is 1.25. The van der Waals surface area contributed by atoms with Crippen molar-refractivity contribution in [2.45, 2.75) is 63.4 Å². The van der Waals surface area contributed by atoms with E-state index >= 15 is 0 Å². The van der Waals surface area contributed by atoms with E-state index in [-0.39, 0.29) is 0 Å². The number of halogens is 3. The Bertz CT molecular complexity index is 838. The normalized spacial score (nSPS) is 32.1. The highest BCUT2D eigenvalue weighted by molar-refractivity contribution is 5.78. The number of alkyl halides is 3. The van der Waals surface area contributed by atoms with Gasteiger partial charge in [-0.3, -0.25) is 0 Å². The minimum absolute atomic E-state index is 0.511. The molecule has 7 nitrogen and oxygen atoms in total. The number of aromatic nitrogens is 3. The predicted molar refractivity (Wildman–Crippen MR) is 82.1 cm³/mol. The summed E-state index contributed by atoms with van der Waals surface area (Å²) in [4.78, 5) is 8.31. The van der Waals surface area contributed by atoms with Gasteiger partial charge in [0.15, 0.2) is 18.1 Å². The Hall–Kier alpha value is -1.75. The Morgan fingerprint density at radius 1 is 1.23 bits per heavy atom. The van der Waals surface area contributed by atoms with Crippen molar-refractivity contribution in [3.8, 4) is 0 Å². The van der Waals surface area contributed by atoms with Crippen LogP contribution in [0.15, 0.2) is 18.6 Å². The van der Waals surface area contributed by atoms with Gasteiger partial charge >= 0.3 is 6.18 Å². The Labute approximate surface area is 146 Å². The molecule has 5 atom stereocenters. The van der Waals surface area contributed by atoms with Crippen molar-refractivity contribution in [2.24, 2.45) is 0 Å². The molecule has 10 heteroatoms. The van der Waals surface area contributed by atoms with Gasteiger partial charge in [-0.05, 0) is 26.8 Å². The first kappa shape index (κ1) is 17.7. The molecular weight excluding hydrogens is 355 g/mol. The summed E-state index contributed by atoms with van der Waals surface area (Å²) in [5.74, 6) is -1.09. The highest BCUT2D eigenvalue weighted by Crippen LogP contribution is 2.46. The fourth-order valence-electron chi connectivity index (χ4n) is 3.57. The molecule has 2 aliphatic heterocycles. The molecule has 2 aromatic rings. The van der Waals surface area contributed by atoms with Crippen LogP contribution in [-0.4, -0.2) is 56.0 Å². The topological polar surface area (TPSA) is 78.6 Å². The molecule has 1 N–H and O–H groups in total. The van der Waals surface area contributed by atoms with Crippen LogP contribution in [0, 0.1) is 6.92 Å². The molecule has 0 aromatic carbocycles. The van der Waals surface area contributed by atoms with Crippen LogP contribution in [0.4, 0.5) is 13.2 Å². The van der Waals surface area contributed by atoms with Crippen LogP contribution in [0.1, 0.15) is 25.8 Å². The molecule has 2 fully saturated rings. The second-order valence-corrected chi connectivity index (χ2v) is 6.96. The molecule has 0 saturated carbocycles. The van der Waals surface area contributed by atoms with E-state index in [1.165, 1.54) is 6.33 Å². The number of hydrogen-bond acceptors (Lipinski definition) is 6. The fourth-order valence-corrected chi connectivity index (χ4v) is 3.57. The van der Waals surface area contributed by atoms with Gasteiger partial charge < -0.3 is 23.9 Å².